The fraction of sp³-hybridized carbons (Fsp3) is 0.474. The number of ether oxygens (including phenoxy) is 3. The number of hydrogen-bond donors (Lipinski definition) is 3. The van der Waals surface area contributed by atoms with Gasteiger partial charge in [-0.05, 0) is 37.0 Å². The third kappa shape index (κ3) is 5.13. The van der Waals surface area contributed by atoms with Crippen molar-refractivity contribution in [2.75, 3.05) is 31.1 Å². The second kappa shape index (κ2) is 9.27. The Morgan fingerprint density at radius 3 is 3.00 bits per heavy atom. The topological polar surface area (TPSA) is 112 Å². The lowest BCUT2D eigenvalue weighted by Crippen LogP contribution is -2.24. The molecule has 1 aromatic carbocycles. The average molecular weight is 374 g/mol. The minimum Gasteiger partial charge on any atom is -0.488 e. The predicted octanol–water partition coefficient (Wildman–Crippen LogP) is 2.37. The summed E-state index contributed by atoms with van der Waals surface area (Å²) in [5.74, 6) is 2.79. The van der Waals surface area contributed by atoms with Gasteiger partial charge in [0.1, 0.15) is 0 Å². The Morgan fingerprint density at radius 2 is 2.19 bits per heavy atom. The molecule has 0 fully saturated rings. The lowest BCUT2D eigenvalue weighted by atomic mass is 10.1. The molecular weight excluding hydrogens is 348 g/mol. The Bertz CT molecular complexity index is 756. The molecule has 1 unspecified atom stereocenters. The van der Waals surface area contributed by atoms with E-state index in [2.05, 4.69) is 22.2 Å². The highest BCUT2D eigenvalue weighted by atomic mass is 16.7. The van der Waals surface area contributed by atoms with Gasteiger partial charge in [-0.2, -0.15) is 4.98 Å². The van der Waals surface area contributed by atoms with Crippen molar-refractivity contribution >= 4 is 11.8 Å². The Hall–Kier alpha value is -2.74. The molecule has 0 spiro atoms. The van der Waals surface area contributed by atoms with Gasteiger partial charge >= 0.3 is 0 Å². The van der Waals surface area contributed by atoms with E-state index in [1.165, 1.54) is 0 Å². The lowest BCUT2D eigenvalue weighted by Gasteiger charge is -2.18. The van der Waals surface area contributed by atoms with Crippen molar-refractivity contribution in [1.82, 2.24) is 9.97 Å². The van der Waals surface area contributed by atoms with Crippen LogP contribution in [0.1, 0.15) is 31.7 Å². The first-order valence-electron chi connectivity index (χ1n) is 9.20. The Labute approximate surface area is 158 Å². The van der Waals surface area contributed by atoms with E-state index in [0.717, 1.165) is 42.7 Å². The largest absolute Gasteiger partial charge is 0.488 e. The molecule has 1 aliphatic heterocycles. The van der Waals surface area contributed by atoms with Crippen LogP contribution in [0, 0.1) is 0 Å². The number of hydrogen-bond acceptors (Lipinski definition) is 8. The van der Waals surface area contributed by atoms with Gasteiger partial charge < -0.3 is 30.4 Å². The molecule has 8 heteroatoms. The molecular formula is C19H26N4O4. The van der Waals surface area contributed by atoms with E-state index in [1.807, 2.05) is 18.2 Å². The number of aryl methyl sites for hydroxylation is 1. The highest BCUT2D eigenvalue weighted by Gasteiger charge is 2.14. The molecule has 0 saturated heterocycles. The van der Waals surface area contributed by atoms with Crippen LogP contribution in [-0.2, 0) is 6.42 Å². The Morgan fingerprint density at radius 1 is 1.33 bits per heavy atom. The molecule has 0 bridgehead atoms. The van der Waals surface area contributed by atoms with Gasteiger partial charge in [0.05, 0.1) is 25.5 Å². The van der Waals surface area contributed by atoms with Crippen LogP contribution in [0.2, 0.25) is 0 Å². The molecule has 1 aliphatic rings. The van der Waals surface area contributed by atoms with Gasteiger partial charge in [0, 0.05) is 0 Å². The van der Waals surface area contributed by atoms with Gasteiger partial charge in [0.25, 0.3) is 0 Å². The van der Waals surface area contributed by atoms with Gasteiger partial charge in [-0.3, -0.25) is 0 Å². The van der Waals surface area contributed by atoms with Crippen molar-refractivity contribution in [2.45, 2.75) is 38.6 Å². The number of aliphatic hydroxyl groups is 1. The summed E-state index contributed by atoms with van der Waals surface area (Å²) in [4.78, 5) is 8.21. The van der Waals surface area contributed by atoms with Gasteiger partial charge in [0.15, 0.2) is 23.1 Å². The molecule has 8 nitrogen and oxygen atoms in total. The molecule has 1 atom stereocenters. The van der Waals surface area contributed by atoms with Crippen molar-refractivity contribution < 1.29 is 19.3 Å². The maximum absolute atomic E-state index is 9.49. The lowest BCUT2D eigenvalue weighted by molar-refractivity contribution is 0.174. The first kappa shape index (κ1) is 19.0. The van der Waals surface area contributed by atoms with E-state index in [0.29, 0.717) is 18.2 Å². The summed E-state index contributed by atoms with van der Waals surface area (Å²) in [5, 5.41) is 12.7. The molecule has 27 heavy (non-hydrogen) atoms. The number of nitrogen functional groups attached to an aromatic ring is 1. The van der Waals surface area contributed by atoms with Crippen LogP contribution in [0.5, 0.6) is 17.2 Å². The predicted molar refractivity (Wildman–Crippen MR) is 102 cm³/mol. The van der Waals surface area contributed by atoms with Crippen molar-refractivity contribution in [3.63, 3.8) is 0 Å². The van der Waals surface area contributed by atoms with Crippen LogP contribution in [0.25, 0.3) is 0 Å². The van der Waals surface area contributed by atoms with E-state index in [4.69, 9.17) is 19.9 Å². The second-order valence-electron chi connectivity index (χ2n) is 6.39. The summed E-state index contributed by atoms with van der Waals surface area (Å²) in [7, 11) is 0. The van der Waals surface area contributed by atoms with Crippen molar-refractivity contribution in [3.8, 4) is 17.2 Å². The number of rotatable bonds is 10. The molecule has 2 aromatic rings. The SMILES string of the molecule is CCCC(CO)Nc1nc(N)ncc1OCCCc1ccc2c(c1)OCO2. The van der Waals surface area contributed by atoms with Gasteiger partial charge in [-0.25, -0.2) is 4.98 Å². The van der Waals surface area contributed by atoms with E-state index >= 15 is 0 Å². The standard InChI is InChI=1S/C19H26N4O4/c1-2-4-14(11-24)22-18-17(10-21-19(20)23-18)25-8-3-5-13-6-7-15-16(9-13)27-12-26-15/h6-7,9-10,14,24H,2-5,8,11-12H2,1H3,(H3,20,21,22,23). The number of nitrogens with one attached hydrogen (secondary N) is 1. The molecule has 2 heterocycles. The number of aliphatic hydroxyl groups excluding tert-OH is 1. The van der Waals surface area contributed by atoms with E-state index in [9.17, 15) is 5.11 Å². The van der Waals surface area contributed by atoms with Crippen molar-refractivity contribution in [1.29, 1.82) is 0 Å². The highest BCUT2D eigenvalue weighted by molar-refractivity contribution is 5.51. The number of benzene rings is 1. The monoisotopic (exact) mass is 374 g/mol. The van der Waals surface area contributed by atoms with Crippen LogP contribution in [0.3, 0.4) is 0 Å². The number of fused-ring (bicyclic) bond motifs is 1. The second-order valence-corrected chi connectivity index (χ2v) is 6.39. The number of nitrogens with two attached hydrogens (primary N) is 1. The van der Waals surface area contributed by atoms with Crippen LogP contribution in [0.15, 0.2) is 24.4 Å². The summed E-state index contributed by atoms with van der Waals surface area (Å²) in [6, 6.07) is 5.86. The molecule has 4 N–H and O–H groups in total. The average Bonchev–Trinajstić information content (AvgIpc) is 3.14. The minimum atomic E-state index is -0.0970. The normalized spacial score (nSPS) is 13.4. The van der Waals surface area contributed by atoms with E-state index in [-0.39, 0.29) is 25.4 Å². The number of nitrogens with zero attached hydrogens (tertiary/aromatic N) is 2. The van der Waals surface area contributed by atoms with Gasteiger partial charge in [0.2, 0.25) is 12.7 Å². The maximum atomic E-state index is 9.49. The zero-order valence-corrected chi connectivity index (χ0v) is 15.5. The van der Waals surface area contributed by atoms with E-state index in [1.54, 1.807) is 6.20 Å². The molecule has 0 aliphatic carbocycles. The Balaban J connectivity index is 1.54. The fourth-order valence-corrected chi connectivity index (χ4v) is 2.90. The molecule has 0 amide bonds. The molecule has 3 rings (SSSR count). The quantitative estimate of drug-likeness (QED) is 0.544. The zero-order valence-electron chi connectivity index (χ0n) is 15.5. The highest BCUT2D eigenvalue weighted by Crippen LogP contribution is 2.32. The molecule has 1 aromatic heterocycles. The number of aromatic nitrogens is 2. The van der Waals surface area contributed by atoms with Crippen LogP contribution < -0.4 is 25.3 Å². The molecule has 146 valence electrons. The van der Waals surface area contributed by atoms with Crippen molar-refractivity contribution in [2.24, 2.45) is 0 Å². The summed E-state index contributed by atoms with van der Waals surface area (Å²) >= 11 is 0. The zero-order chi connectivity index (χ0) is 19.1. The van der Waals surface area contributed by atoms with Crippen molar-refractivity contribution in [3.05, 3.63) is 30.0 Å². The van der Waals surface area contributed by atoms with Gasteiger partial charge in [-0.15, -0.1) is 0 Å². The van der Waals surface area contributed by atoms with Crippen LogP contribution in [-0.4, -0.2) is 41.1 Å². The van der Waals surface area contributed by atoms with Crippen LogP contribution in [0.4, 0.5) is 11.8 Å². The smallest absolute Gasteiger partial charge is 0.231 e. The number of anilines is 2. The molecule has 0 saturated carbocycles. The summed E-state index contributed by atoms with van der Waals surface area (Å²) in [6.07, 6.45) is 5.01. The first-order valence-corrected chi connectivity index (χ1v) is 9.20. The third-order valence-electron chi connectivity index (χ3n) is 4.28. The van der Waals surface area contributed by atoms with E-state index < -0.39 is 0 Å². The summed E-state index contributed by atoms with van der Waals surface area (Å²) in [5.41, 5.74) is 6.86. The van der Waals surface area contributed by atoms with Crippen LogP contribution >= 0.6 is 0 Å². The maximum Gasteiger partial charge on any atom is 0.231 e. The summed E-state index contributed by atoms with van der Waals surface area (Å²) in [6.45, 7) is 2.86. The Kier molecular flexibility index (Phi) is 6.54. The summed E-state index contributed by atoms with van der Waals surface area (Å²) < 4.78 is 16.6. The first-order chi connectivity index (χ1) is 13.2. The fourth-order valence-electron chi connectivity index (χ4n) is 2.90. The molecule has 0 radical (unpaired) electrons. The van der Waals surface area contributed by atoms with Gasteiger partial charge in [-0.1, -0.05) is 19.4 Å². The third-order valence-corrected chi connectivity index (χ3v) is 4.28. The minimum absolute atomic E-state index is 0.0152.